The van der Waals surface area contributed by atoms with Gasteiger partial charge >= 0.3 is 5.97 Å². The number of hydrogen-bond acceptors (Lipinski definition) is 6. The molecule has 0 amide bonds. The summed E-state index contributed by atoms with van der Waals surface area (Å²) in [6, 6.07) is 17.9. The molecule has 4 aromatic rings. The van der Waals surface area contributed by atoms with E-state index in [1.54, 1.807) is 48.5 Å². The largest absolute Gasteiger partial charge is 0.508 e. The van der Waals surface area contributed by atoms with Crippen LogP contribution in [0.2, 0.25) is 0 Å². The summed E-state index contributed by atoms with van der Waals surface area (Å²) in [6.45, 7) is -7.29. The smallest absolute Gasteiger partial charge is 0.306 e. The van der Waals surface area contributed by atoms with Gasteiger partial charge in [0.1, 0.15) is 37.3 Å². The number of carboxylic acids is 1. The average molecular weight is 757 g/mol. The number of unbranched alkanes of at least 4 members (excludes halogenated alkanes) is 3. The molecule has 2 atom stereocenters. The first-order valence-electron chi connectivity index (χ1n) is 16.7. The van der Waals surface area contributed by atoms with Gasteiger partial charge in [0, 0.05) is 32.5 Å². The van der Waals surface area contributed by atoms with Crippen LogP contribution >= 0.6 is 11.3 Å². The molecule has 0 saturated carbocycles. The Morgan fingerprint density at radius 1 is 0.750 bits per heavy atom. The molecule has 3 aromatic carbocycles. The number of aromatic hydroxyl groups is 2. The van der Waals surface area contributed by atoms with Crippen molar-refractivity contribution in [1.82, 2.24) is 0 Å². The molecule has 0 aliphatic carbocycles. The molecule has 52 heavy (non-hydrogen) atoms. The van der Waals surface area contributed by atoms with Gasteiger partial charge in [0.15, 0.2) is 5.78 Å². The van der Waals surface area contributed by atoms with Crippen LogP contribution in [-0.4, -0.2) is 71.0 Å². The monoisotopic (exact) mass is 756 g/mol. The summed E-state index contributed by atoms with van der Waals surface area (Å²) in [7, 11) is 0. The second kappa shape index (κ2) is 17.5. The summed E-state index contributed by atoms with van der Waals surface area (Å²) in [5.41, 5.74) is -7.47. The Morgan fingerprint density at radius 3 is 1.98 bits per heavy atom. The first kappa shape index (κ1) is 40.4. The Kier molecular flexibility index (Phi) is 13.6. The second-order valence-corrected chi connectivity index (χ2v) is 13.8. The van der Waals surface area contributed by atoms with Crippen LogP contribution in [0.4, 0.5) is 30.7 Å². The Balaban J connectivity index is 1.24. The van der Waals surface area contributed by atoms with Crippen LogP contribution in [0, 0.1) is 5.92 Å². The fraction of sp³-hybridized carbons (Fsp3) is 0.421. The number of phenols is 2. The summed E-state index contributed by atoms with van der Waals surface area (Å²) in [6.07, 6.45) is -0.0930. The number of ketones is 1. The van der Waals surface area contributed by atoms with Crippen LogP contribution in [0.15, 0.2) is 66.7 Å². The van der Waals surface area contributed by atoms with Crippen molar-refractivity contribution < 1.29 is 60.4 Å². The molecule has 0 fully saturated rings. The lowest BCUT2D eigenvalue weighted by Crippen LogP contribution is -2.63. The quantitative estimate of drug-likeness (QED) is 0.0444. The fourth-order valence-electron chi connectivity index (χ4n) is 5.96. The molecule has 4 rings (SSSR count). The van der Waals surface area contributed by atoms with Crippen LogP contribution in [0.5, 0.6) is 17.2 Å². The van der Waals surface area contributed by atoms with E-state index in [0.717, 1.165) is 10.3 Å². The molecule has 282 valence electrons. The van der Waals surface area contributed by atoms with Crippen molar-refractivity contribution in [3.05, 3.63) is 77.9 Å². The molecule has 3 N–H and O–H groups in total. The summed E-state index contributed by atoms with van der Waals surface area (Å²) in [4.78, 5) is 26.1. The highest BCUT2D eigenvalue weighted by Crippen LogP contribution is 2.47. The second-order valence-electron chi connectivity index (χ2n) is 12.7. The molecular formula is C38H39F7O6S. The number of aliphatic carboxylic acids is 1. The van der Waals surface area contributed by atoms with E-state index >= 15 is 0 Å². The number of phenolic OH excluding ortho intramolecular Hbond substituents is 2. The van der Waals surface area contributed by atoms with Crippen LogP contribution in [0.1, 0.15) is 67.3 Å². The van der Waals surface area contributed by atoms with Crippen LogP contribution in [0.3, 0.4) is 0 Å². The number of alkyl halides is 7. The van der Waals surface area contributed by atoms with Crippen LogP contribution in [-0.2, 0) is 4.79 Å². The number of carboxylic acid groups (broad SMARTS) is 1. The zero-order valence-corrected chi connectivity index (χ0v) is 28.9. The van der Waals surface area contributed by atoms with Gasteiger partial charge in [-0.05, 0) is 98.0 Å². The van der Waals surface area contributed by atoms with E-state index < -0.39 is 62.0 Å². The number of benzene rings is 3. The third-order valence-corrected chi connectivity index (χ3v) is 10.4. The maximum absolute atomic E-state index is 14.6. The Bertz CT molecular complexity index is 1790. The molecule has 0 spiro atoms. The predicted octanol–water partition coefficient (Wildman–Crippen LogP) is 10.4. The van der Waals surface area contributed by atoms with Crippen molar-refractivity contribution in [2.45, 2.75) is 68.6 Å². The number of carbonyl (C=O) groups is 2. The molecule has 0 radical (unpaired) electrons. The van der Waals surface area contributed by atoms with E-state index in [4.69, 9.17) is 4.74 Å². The lowest BCUT2D eigenvalue weighted by atomic mass is 9.80. The summed E-state index contributed by atoms with van der Waals surface area (Å²) in [5, 5.41) is 29.9. The number of fused-ring (bicyclic) bond motifs is 1. The van der Waals surface area contributed by atoms with E-state index in [0.29, 0.717) is 59.4 Å². The number of halogens is 7. The SMILES string of the molecule is O=C(c1ccc(OCCCCCCC(CCCC(F)(F)C(F)(CF)C(F)(CF)CF)C(=O)O)cc1)c1c(-c2ccc(O)cc2)sc2cc(O)ccc12. The number of ether oxygens (including phenoxy) is 1. The van der Waals surface area contributed by atoms with E-state index in [1.807, 2.05) is 0 Å². The van der Waals surface area contributed by atoms with Gasteiger partial charge in [-0.3, -0.25) is 9.59 Å². The van der Waals surface area contributed by atoms with Crippen molar-refractivity contribution >= 4 is 33.2 Å². The minimum absolute atomic E-state index is 0.0715. The fourth-order valence-corrected chi connectivity index (χ4v) is 7.20. The molecule has 1 heterocycles. The number of thiophene rings is 1. The Morgan fingerprint density at radius 2 is 1.37 bits per heavy atom. The highest BCUT2D eigenvalue weighted by atomic mass is 32.1. The molecule has 1 aromatic heterocycles. The van der Waals surface area contributed by atoms with Gasteiger partial charge in [0.2, 0.25) is 11.3 Å². The van der Waals surface area contributed by atoms with Crippen LogP contribution in [0.25, 0.3) is 20.5 Å². The highest BCUT2D eigenvalue weighted by Gasteiger charge is 2.68. The molecule has 6 nitrogen and oxygen atoms in total. The standard InChI is InChI=1S/C38H39F7O6S/c39-21-36(42,22-40)37(43,23-41)38(44,45)18-5-7-26(35(49)50)6-3-1-2-4-19-51-29-15-10-24(11-16-29)33(48)32-30-17-14-28(47)20-31(30)52-34(32)25-8-12-27(46)13-9-25/h8-17,20,26,46-47H,1-7,18-19,21-23H2,(H,49,50). The first-order chi connectivity index (χ1) is 24.7. The lowest BCUT2D eigenvalue weighted by Gasteiger charge is -2.39. The summed E-state index contributed by atoms with van der Waals surface area (Å²) in [5.74, 6) is -6.68. The molecule has 0 saturated heterocycles. The molecule has 2 unspecified atom stereocenters. The third kappa shape index (κ3) is 8.99. The molecule has 14 heteroatoms. The normalized spacial score (nSPS) is 13.9. The zero-order chi connectivity index (χ0) is 38.1. The van der Waals surface area contributed by atoms with E-state index in [1.165, 1.54) is 29.5 Å². The minimum Gasteiger partial charge on any atom is -0.508 e. The molecule has 0 aliphatic heterocycles. The first-order valence-corrected chi connectivity index (χ1v) is 17.5. The zero-order valence-electron chi connectivity index (χ0n) is 28.0. The summed E-state index contributed by atoms with van der Waals surface area (Å²) >= 11 is 1.35. The van der Waals surface area contributed by atoms with Gasteiger partial charge in [0.05, 0.1) is 12.5 Å². The molecule has 0 aliphatic rings. The van der Waals surface area contributed by atoms with Gasteiger partial charge < -0.3 is 20.1 Å². The Hall–Kier alpha value is -4.33. The molecular weight excluding hydrogens is 717 g/mol. The van der Waals surface area contributed by atoms with Gasteiger partial charge in [0.25, 0.3) is 5.92 Å². The lowest BCUT2D eigenvalue weighted by molar-refractivity contribution is -0.222. The van der Waals surface area contributed by atoms with Crippen molar-refractivity contribution in [2.24, 2.45) is 5.92 Å². The number of hydrogen-bond donors (Lipinski definition) is 3. The highest BCUT2D eigenvalue weighted by molar-refractivity contribution is 7.22. The van der Waals surface area contributed by atoms with Gasteiger partial charge in [-0.25, -0.2) is 30.7 Å². The van der Waals surface area contributed by atoms with Gasteiger partial charge in [-0.15, -0.1) is 11.3 Å². The maximum atomic E-state index is 14.6. The number of carbonyl (C=O) groups excluding carboxylic acids is 1. The van der Waals surface area contributed by atoms with Crippen molar-refractivity contribution in [1.29, 1.82) is 0 Å². The van der Waals surface area contributed by atoms with Gasteiger partial charge in [-0.1, -0.05) is 19.3 Å². The summed E-state index contributed by atoms with van der Waals surface area (Å²) < 4.78 is 103. The molecule has 0 bridgehead atoms. The van der Waals surface area contributed by atoms with E-state index in [2.05, 4.69) is 0 Å². The van der Waals surface area contributed by atoms with Gasteiger partial charge in [-0.2, -0.15) is 0 Å². The van der Waals surface area contributed by atoms with Crippen molar-refractivity contribution in [3.8, 4) is 27.7 Å². The average Bonchev–Trinajstić information content (AvgIpc) is 3.51. The van der Waals surface area contributed by atoms with Crippen molar-refractivity contribution in [2.75, 3.05) is 26.6 Å². The van der Waals surface area contributed by atoms with Crippen LogP contribution < -0.4 is 4.74 Å². The predicted molar refractivity (Wildman–Crippen MR) is 185 cm³/mol. The Labute approximate surface area is 299 Å². The van der Waals surface area contributed by atoms with Crippen molar-refractivity contribution in [3.63, 3.8) is 0 Å². The maximum Gasteiger partial charge on any atom is 0.306 e. The minimum atomic E-state index is -4.77. The van der Waals surface area contributed by atoms with E-state index in [-0.39, 0.29) is 30.1 Å². The third-order valence-electron chi connectivity index (χ3n) is 9.15. The van der Waals surface area contributed by atoms with E-state index in [9.17, 15) is 55.6 Å². The topological polar surface area (TPSA) is 104 Å². The number of rotatable bonds is 21.